The molecule has 5 rings (SSSR count). The Morgan fingerprint density at radius 2 is 1.69 bits per heavy atom. The van der Waals surface area contributed by atoms with Crippen LogP contribution in [0.5, 0.6) is 11.5 Å². The number of sulfonamides is 1. The lowest BCUT2D eigenvalue weighted by atomic mass is 10.2. The molecule has 1 fully saturated rings. The van der Waals surface area contributed by atoms with Crippen molar-refractivity contribution in [3.8, 4) is 11.5 Å². The highest BCUT2D eigenvalue weighted by atomic mass is 32.2. The number of furan rings is 1. The lowest BCUT2D eigenvalue weighted by Crippen LogP contribution is -2.50. The number of rotatable bonds is 4. The molecule has 9 heteroatoms. The molecule has 0 unspecified atom stereocenters. The maximum atomic E-state index is 13.1. The van der Waals surface area contributed by atoms with Crippen LogP contribution in [0, 0.1) is 6.92 Å². The molecule has 0 atom stereocenters. The second kappa shape index (κ2) is 8.14. The zero-order valence-electron chi connectivity index (χ0n) is 17.7. The van der Waals surface area contributed by atoms with Crippen LogP contribution in [0.1, 0.15) is 11.3 Å². The topological polar surface area (TPSA) is 89.3 Å². The van der Waals surface area contributed by atoms with Crippen molar-refractivity contribution in [2.75, 3.05) is 39.4 Å². The third-order valence-electron chi connectivity index (χ3n) is 5.79. The minimum Gasteiger partial charge on any atom is -0.486 e. The van der Waals surface area contributed by atoms with E-state index in [9.17, 15) is 13.2 Å². The van der Waals surface area contributed by atoms with E-state index in [1.807, 2.05) is 31.2 Å². The Hall–Kier alpha value is -3.04. The molecule has 32 heavy (non-hydrogen) atoms. The maximum absolute atomic E-state index is 13.1. The van der Waals surface area contributed by atoms with Gasteiger partial charge < -0.3 is 18.8 Å². The first-order valence-electron chi connectivity index (χ1n) is 10.6. The molecule has 1 saturated heterocycles. The molecule has 0 bridgehead atoms. The van der Waals surface area contributed by atoms with Gasteiger partial charge in [-0.25, -0.2) is 8.42 Å². The average Bonchev–Trinajstić information content (AvgIpc) is 3.20. The maximum Gasteiger partial charge on any atom is 0.243 e. The quantitative estimate of drug-likeness (QED) is 0.600. The lowest BCUT2D eigenvalue weighted by Gasteiger charge is -2.34. The summed E-state index contributed by atoms with van der Waals surface area (Å²) >= 11 is 0. The molecule has 3 heterocycles. The number of piperazine rings is 1. The molecule has 3 aromatic rings. The molecule has 8 nitrogen and oxygen atoms in total. The summed E-state index contributed by atoms with van der Waals surface area (Å²) in [4.78, 5) is 14.6. The number of nitrogens with zero attached hydrogens (tertiary/aromatic N) is 2. The van der Waals surface area contributed by atoms with Gasteiger partial charge in [0.05, 0.1) is 11.3 Å². The van der Waals surface area contributed by atoms with E-state index in [0.29, 0.717) is 43.6 Å². The Morgan fingerprint density at radius 1 is 0.938 bits per heavy atom. The van der Waals surface area contributed by atoms with E-state index in [0.717, 1.165) is 16.5 Å². The van der Waals surface area contributed by atoms with E-state index in [1.54, 1.807) is 11.0 Å². The van der Waals surface area contributed by atoms with E-state index >= 15 is 0 Å². The molecular weight excluding hydrogens is 432 g/mol. The van der Waals surface area contributed by atoms with Crippen molar-refractivity contribution in [3.63, 3.8) is 0 Å². The summed E-state index contributed by atoms with van der Waals surface area (Å²) in [5.74, 6) is 1.53. The minimum absolute atomic E-state index is 0.0721. The fourth-order valence-corrected chi connectivity index (χ4v) is 5.49. The van der Waals surface area contributed by atoms with E-state index < -0.39 is 10.0 Å². The number of amides is 1. The summed E-state index contributed by atoms with van der Waals surface area (Å²) in [7, 11) is -3.68. The van der Waals surface area contributed by atoms with Gasteiger partial charge >= 0.3 is 0 Å². The van der Waals surface area contributed by atoms with Crippen LogP contribution < -0.4 is 9.47 Å². The van der Waals surface area contributed by atoms with Crippen molar-refractivity contribution < 1.29 is 27.1 Å². The second-order valence-corrected chi connectivity index (χ2v) is 9.96. The Kier molecular flexibility index (Phi) is 5.30. The van der Waals surface area contributed by atoms with Gasteiger partial charge in [0.2, 0.25) is 15.9 Å². The van der Waals surface area contributed by atoms with Gasteiger partial charge in [0.15, 0.2) is 11.5 Å². The number of hydrogen-bond donors (Lipinski definition) is 0. The molecule has 2 aliphatic heterocycles. The van der Waals surface area contributed by atoms with Crippen LogP contribution in [0.2, 0.25) is 0 Å². The zero-order chi connectivity index (χ0) is 22.3. The fraction of sp³-hybridized carbons (Fsp3) is 0.348. The summed E-state index contributed by atoms with van der Waals surface area (Å²) < 4.78 is 44.4. The summed E-state index contributed by atoms with van der Waals surface area (Å²) in [6.07, 6.45) is 0.155. The molecule has 2 aliphatic rings. The minimum atomic E-state index is -3.68. The van der Waals surface area contributed by atoms with E-state index in [2.05, 4.69) is 0 Å². The summed E-state index contributed by atoms with van der Waals surface area (Å²) in [5.41, 5.74) is 1.86. The van der Waals surface area contributed by atoms with Crippen molar-refractivity contribution >= 4 is 26.9 Å². The van der Waals surface area contributed by atoms with Crippen LogP contribution in [0.25, 0.3) is 11.0 Å². The predicted molar refractivity (Wildman–Crippen MR) is 117 cm³/mol. The van der Waals surface area contributed by atoms with Crippen LogP contribution in [0.4, 0.5) is 0 Å². The zero-order valence-corrected chi connectivity index (χ0v) is 18.6. The first-order valence-corrected chi connectivity index (χ1v) is 12.0. The van der Waals surface area contributed by atoms with Crippen LogP contribution in [-0.2, 0) is 21.2 Å². The molecule has 1 amide bonds. The fourth-order valence-electron chi connectivity index (χ4n) is 4.05. The largest absolute Gasteiger partial charge is 0.486 e. The summed E-state index contributed by atoms with van der Waals surface area (Å²) in [6.45, 7) is 3.98. The van der Waals surface area contributed by atoms with Gasteiger partial charge in [-0.1, -0.05) is 12.1 Å². The first kappa shape index (κ1) is 20.8. The number of fused-ring (bicyclic) bond motifs is 2. The summed E-state index contributed by atoms with van der Waals surface area (Å²) in [6, 6.07) is 12.5. The van der Waals surface area contributed by atoms with Gasteiger partial charge in [0, 0.05) is 37.6 Å². The molecule has 0 saturated carbocycles. The Balaban J connectivity index is 1.23. The van der Waals surface area contributed by atoms with E-state index in [-0.39, 0.29) is 30.3 Å². The van der Waals surface area contributed by atoms with Gasteiger partial charge in [-0.15, -0.1) is 0 Å². The highest BCUT2D eigenvalue weighted by molar-refractivity contribution is 7.89. The number of aryl methyl sites for hydroxylation is 1. The van der Waals surface area contributed by atoms with Crippen molar-refractivity contribution in [2.24, 2.45) is 0 Å². The van der Waals surface area contributed by atoms with E-state index in [1.165, 1.54) is 16.4 Å². The Bertz CT molecular complexity index is 1270. The molecule has 0 radical (unpaired) electrons. The first-order chi connectivity index (χ1) is 15.4. The van der Waals surface area contributed by atoms with Gasteiger partial charge in [0.25, 0.3) is 0 Å². The summed E-state index contributed by atoms with van der Waals surface area (Å²) in [5, 5.41) is 0.966. The van der Waals surface area contributed by atoms with E-state index in [4.69, 9.17) is 13.9 Å². The molecule has 0 spiro atoms. The predicted octanol–water partition coefficient (Wildman–Crippen LogP) is 2.59. The van der Waals surface area contributed by atoms with Crippen LogP contribution in [0.15, 0.2) is 51.8 Å². The molecule has 168 valence electrons. The molecule has 2 aromatic carbocycles. The van der Waals surface area contributed by atoms with Crippen LogP contribution >= 0.6 is 0 Å². The number of hydrogen-bond acceptors (Lipinski definition) is 6. The number of carbonyl (C=O) groups is 1. The number of benzene rings is 2. The number of ether oxygens (including phenoxy) is 2. The van der Waals surface area contributed by atoms with Crippen molar-refractivity contribution in [2.45, 2.75) is 18.2 Å². The molecular formula is C23H24N2O6S. The van der Waals surface area contributed by atoms with Gasteiger partial charge in [0.1, 0.15) is 24.6 Å². The highest BCUT2D eigenvalue weighted by Crippen LogP contribution is 2.33. The van der Waals surface area contributed by atoms with Crippen molar-refractivity contribution in [3.05, 3.63) is 53.8 Å². The monoisotopic (exact) mass is 456 g/mol. The Labute approximate surface area is 186 Å². The normalized spacial score (nSPS) is 17.0. The molecule has 1 aromatic heterocycles. The van der Waals surface area contributed by atoms with Crippen molar-refractivity contribution in [1.29, 1.82) is 0 Å². The molecule has 0 N–H and O–H groups in total. The SMILES string of the molecule is Cc1ccc2cc(CC(=O)N3CCN(S(=O)(=O)c4ccc5c(c4)OCCO5)CC3)oc2c1. The number of carbonyl (C=O) groups excluding carboxylic acids is 1. The third-order valence-corrected chi connectivity index (χ3v) is 7.69. The average molecular weight is 457 g/mol. The van der Waals surface area contributed by atoms with Crippen molar-refractivity contribution in [1.82, 2.24) is 9.21 Å². The van der Waals surface area contributed by atoms with Crippen LogP contribution in [0.3, 0.4) is 0 Å². The molecule has 0 aliphatic carbocycles. The standard InChI is InChI=1S/C23H24N2O6S/c1-16-2-3-17-13-18(31-21(17)12-16)14-23(26)24-6-8-25(9-7-24)32(27,28)19-4-5-20-22(15-19)30-11-10-29-20/h2-5,12-13,15H,6-11,14H2,1H3. The Morgan fingerprint density at radius 3 is 2.47 bits per heavy atom. The lowest BCUT2D eigenvalue weighted by molar-refractivity contribution is -0.131. The van der Waals surface area contributed by atoms with Gasteiger partial charge in [-0.05, 0) is 36.8 Å². The third kappa shape index (κ3) is 3.93. The second-order valence-electron chi connectivity index (χ2n) is 8.02. The van der Waals surface area contributed by atoms with Gasteiger partial charge in [-0.2, -0.15) is 4.31 Å². The smallest absolute Gasteiger partial charge is 0.243 e. The van der Waals surface area contributed by atoms with Gasteiger partial charge in [-0.3, -0.25) is 4.79 Å². The van der Waals surface area contributed by atoms with Crippen LogP contribution in [-0.4, -0.2) is 62.9 Å². The highest BCUT2D eigenvalue weighted by Gasteiger charge is 2.31.